The van der Waals surface area contributed by atoms with E-state index in [2.05, 4.69) is 4.98 Å². The highest BCUT2D eigenvalue weighted by Gasteiger charge is 2.31. The number of carboxylic acids is 1. The highest BCUT2D eigenvalue weighted by atomic mass is 16.6. The molecule has 1 aromatic heterocycles. The Balaban J connectivity index is 2.87. The van der Waals surface area contributed by atoms with Crippen molar-refractivity contribution in [3.05, 3.63) is 18.2 Å². The molecule has 0 unspecified atom stereocenters. The molecular formula is C17H27N3O6. The number of ether oxygens (including phenoxy) is 2. The van der Waals surface area contributed by atoms with Crippen molar-refractivity contribution in [1.29, 1.82) is 0 Å². The molecule has 0 aromatic carbocycles. The van der Waals surface area contributed by atoms with Crippen LogP contribution in [-0.2, 0) is 20.7 Å². The van der Waals surface area contributed by atoms with Gasteiger partial charge in [0.2, 0.25) is 0 Å². The summed E-state index contributed by atoms with van der Waals surface area (Å²) in [6.07, 6.45) is 1.17. The van der Waals surface area contributed by atoms with Crippen LogP contribution in [0.4, 0.5) is 9.59 Å². The number of carbonyl (C=O) groups excluding carboxylic acids is 2. The van der Waals surface area contributed by atoms with Gasteiger partial charge in [0.15, 0.2) is 0 Å². The first-order valence-electron chi connectivity index (χ1n) is 8.14. The predicted molar refractivity (Wildman–Crippen MR) is 93.0 cm³/mol. The summed E-state index contributed by atoms with van der Waals surface area (Å²) in [7, 11) is 1.34. The van der Waals surface area contributed by atoms with Crippen LogP contribution in [0.25, 0.3) is 0 Å². The number of aliphatic carboxylic acids is 1. The zero-order valence-corrected chi connectivity index (χ0v) is 16.3. The Morgan fingerprint density at radius 1 is 1.15 bits per heavy atom. The molecule has 0 spiro atoms. The summed E-state index contributed by atoms with van der Waals surface area (Å²) in [5.74, 6) is -1.20. The molecule has 26 heavy (non-hydrogen) atoms. The maximum atomic E-state index is 12.1. The molecule has 1 N–H and O–H groups in total. The maximum absolute atomic E-state index is 12.1. The third-order valence-corrected chi connectivity index (χ3v) is 3.08. The minimum atomic E-state index is -1.20. The molecule has 0 aliphatic rings. The average molecular weight is 369 g/mol. The summed E-state index contributed by atoms with van der Waals surface area (Å²) in [5, 5.41) is 9.45. The average Bonchev–Trinajstić information content (AvgIpc) is 2.88. The van der Waals surface area contributed by atoms with Gasteiger partial charge in [-0.3, -0.25) is 4.90 Å². The van der Waals surface area contributed by atoms with Gasteiger partial charge in [0.25, 0.3) is 0 Å². The molecule has 1 atom stereocenters. The van der Waals surface area contributed by atoms with Crippen molar-refractivity contribution >= 4 is 18.2 Å². The van der Waals surface area contributed by atoms with Gasteiger partial charge >= 0.3 is 18.2 Å². The van der Waals surface area contributed by atoms with E-state index in [0.29, 0.717) is 5.69 Å². The highest BCUT2D eigenvalue weighted by molar-refractivity contribution is 5.80. The number of aromatic nitrogens is 2. The Bertz CT molecular complexity index is 669. The van der Waals surface area contributed by atoms with Crippen LogP contribution < -0.4 is 0 Å². The lowest BCUT2D eigenvalue weighted by Crippen LogP contribution is -2.46. The second-order valence-electron chi connectivity index (χ2n) is 7.90. The van der Waals surface area contributed by atoms with E-state index in [0.717, 1.165) is 9.47 Å². The van der Waals surface area contributed by atoms with Gasteiger partial charge in [-0.2, -0.15) is 0 Å². The van der Waals surface area contributed by atoms with Gasteiger partial charge in [-0.05, 0) is 41.5 Å². The fraction of sp³-hybridized carbons (Fsp3) is 0.647. The van der Waals surface area contributed by atoms with E-state index in [1.165, 1.54) is 19.6 Å². The molecule has 0 bridgehead atoms. The summed E-state index contributed by atoms with van der Waals surface area (Å²) >= 11 is 0. The van der Waals surface area contributed by atoms with Gasteiger partial charge in [-0.25, -0.2) is 23.9 Å². The van der Waals surface area contributed by atoms with E-state index < -0.39 is 35.4 Å². The van der Waals surface area contributed by atoms with Gasteiger partial charge in [-0.15, -0.1) is 0 Å². The minimum absolute atomic E-state index is 0.0825. The first-order valence-corrected chi connectivity index (χ1v) is 8.14. The van der Waals surface area contributed by atoms with Crippen molar-refractivity contribution < 1.29 is 29.0 Å². The lowest BCUT2D eigenvalue weighted by atomic mass is 10.1. The van der Waals surface area contributed by atoms with Crippen molar-refractivity contribution in [3.63, 3.8) is 0 Å². The van der Waals surface area contributed by atoms with Crippen LogP contribution in [0, 0.1) is 0 Å². The summed E-state index contributed by atoms with van der Waals surface area (Å²) in [4.78, 5) is 40.7. The van der Waals surface area contributed by atoms with E-state index in [4.69, 9.17) is 9.47 Å². The molecule has 1 heterocycles. The van der Waals surface area contributed by atoms with Crippen LogP contribution in [0.5, 0.6) is 0 Å². The molecule has 1 amide bonds. The van der Waals surface area contributed by atoms with Crippen LogP contribution in [0.2, 0.25) is 0 Å². The number of nitrogens with zero attached hydrogens (tertiary/aromatic N) is 3. The highest BCUT2D eigenvalue weighted by Crippen LogP contribution is 2.14. The standard InChI is InChI=1S/C17H27N3O6/c1-16(2,3)25-14(23)19(7)12(13(21)22)8-11-9-20(10-18-11)15(24)26-17(4,5)6/h9-10,12H,8H2,1-7H3,(H,21,22)/t12-/m1/s1. The largest absolute Gasteiger partial charge is 0.480 e. The molecule has 146 valence electrons. The molecule has 0 aliphatic carbocycles. The predicted octanol–water partition coefficient (Wildman–Crippen LogP) is 2.53. The molecule has 1 aromatic rings. The number of hydrogen-bond donors (Lipinski definition) is 1. The Labute approximate surface area is 152 Å². The molecular weight excluding hydrogens is 342 g/mol. The van der Waals surface area contributed by atoms with E-state index >= 15 is 0 Å². The van der Waals surface area contributed by atoms with Gasteiger partial charge in [0.1, 0.15) is 23.6 Å². The van der Waals surface area contributed by atoms with Crippen LogP contribution in [-0.4, -0.2) is 62.0 Å². The number of imidazole rings is 1. The van der Waals surface area contributed by atoms with E-state index in [9.17, 15) is 19.5 Å². The summed E-state index contributed by atoms with van der Waals surface area (Å²) in [6, 6.07) is -1.19. The van der Waals surface area contributed by atoms with Crippen molar-refractivity contribution in [2.45, 2.75) is 65.2 Å². The smallest absolute Gasteiger partial charge is 0.419 e. The Morgan fingerprint density at radius 2 is 1.69 bits per heavy atom. The number of carboxylic acid groups (broad SMARTS) is 1. The Kier molecular flexibility index (Phi) is 6.40. The summed E-state index contributed by atoms with van der Waals surface area (Å²) in [6.45, 7) is 10.3. The number of likely N-dealkylation sites (N-methyl/N-ethyl adjacent to an activating group) is 1. The van der Waals surface area contributed by atoms with Gasteiger partial charge < -0.3 is 14.6 Å². The molecule has 0 fully saturated rings. The number of amides is 1. The van der Waals surface area contributed by atoms with Gasteiger partial charge in [0, 0.05) is 19.7 Å². The van der Waals surface area contributed by atoms with E-state index in [1.807, 2.05) is 0 Å². The monoisotopic (exact) mass is 369 g/mol. The molecule has 0 aliphatic heterocycles. The van der Waals surface area contributed by atoms with Gasteiger partial charge in [0.05, 0.1) is 5.69 Å². The third kappa shape index (κ3) is 6.73. The topological polar surface area (TPSA) is 111 Å². The zero-order valence-electron chi connectivity index (χ0n) is 16.3. The lowest BCUT2D eigenvalue weighted by Gasteiger charge is -2.28. The maximum Gasteiger partial charge on any atom is 0.419 e. The lowest BCUT2D eigenvalue weighted by molar-refractivity contribution is -0.142. The number of rotatable bonds is 4. The van der Waals surface area contributed by atoms with Gasteiger partial charge in [-0.1, -0.05) is 0 Å². The molecule has 9 nitrogen and oxygen atoms in total. The first-order chi connectivity index (χ1) is 11.7. The van der Waals surface area contributed by atoms with Crippen molar-refractivity contribution in [2.75, 3.05) is 7.05 Å². The van der Waals surface area contributed by atoms with Crippen LogP contribution in [0.15, 0.2) is 12.5 Å². The third-order valence-electron chi connectivity index (χ3n) is 3.08. The second-order valence-corrected chi connectivity index (χ2v) is 7.90. The molecule has 9 heteroatoms. The minimum Gasteiger partial charge on any atom is -0.480 e. The zero-order chi connectivity index (χ0) is 20.3. The molecule has 0 radical (unpaired) electrons. The number of hydrogen-bond acceptors (Lipinski definition) is 6. The normalized spacial score (nSPS) is 13.0. The Hall–Kier alpha value is -2.58. The van der Waals surface area contributed by atoms with Crippen molar-refractivity contribution in [1.82, 2.24) is 14.5 Å². The first kappa shape index (κ1) is 21.5. The fourth-order valence-electron chi connectivity index (χ4n) is 1.93. The number of carbonyl (C=O) groups is 3. The summed E-state index contributed by atoms with van der Waals surface area (Å²) in [5.41, 5.74) is -1.08. The van der Waals surface area contributed by atoms with Crippen LogP contribution >= 0.6 is 0 Å². The summed E-state index contributed by atoms with van der Waals surface area (Å²) < 4.78 is 11.5. The van der Waals surface area contributed by atoms with Crippen LogP contribution in [0.1, 0.15) is 47.2 Å². The van der Waals surface area contributed by atoms with E-state index in [-0.39, 0.29) is 6.42 Å². The molecule has 1 rings (SSSR count). The fourth-order valence-corrected chi connectivity index (χ4v) is 1.93. The quantitative estimate of drug-likeness (QED) is 0.868. The Morgan fingerprint density at radius 3 is 2.15 bits per heavy atom. The van der Waals surface area contributed by atoms with Crippen molar-refractivity contribution in [3.8, 4) is 0 Å². The van der Waals surface area contributed by atoms with E-state index in [1.54, 1.807) is 41.5 Å². The molecule has 0 saturated carbocycles. The van der Waals surface area contributed by atoms with Crippen molar-refractivity contribution in [2.24, 2.45) is 0 Å². The second kappa shape index (κ2) is 7.76. The van der Waals surface area contributed by atoms with Crippen LogP contribution in [0.3, 0.4) is 0 Å². The molecule has 0 saturated heterocycles. The SMILES string of the molecule is CN(C(=O)OC(C)(C)C)[C@H](Cc1cn(C(=O)OC(C)(C)C)cn1)C(=O)O.